The Hall–Kier alpha value is -0.960. The van der Waals surface area contributed by atoms with Crippen LogP contribution in [0.25, 0.3) is 0 Å². The molecule has 1 aromatic carbocycles. The van der Waals surface area contributed by atoms with Crippen LogP contribution in [0, 0.1) is 0 Å². The van der Waals surface area contributed by atoms with Crippen molar-refractivity contribution in [3.8, 4) is 0 Å². The van der Waals surface area contributed by atoms with Crippen LogP contribution in [-0.4, -0.2) is 18.8 Å². The fourth-order valence-corrected chi connectivity index (χ4v) is 2.40. The number of methoxy groups -OCH3 is 1. The van der Waals surface area contributed by atoms with Crippen molar-refractivity contribution in [1.82, 2.24) is 0 Å². The van der Waals surface area contributed by atoms with Crippen LogP contribution in [0.3, 0.4) is 0 Å². The van der Waals surface area contributed by atoms with Gasteiger partial charge in [0.25, 0.3) is 0 Å². The minimum absolute atomic E-state index is 0.185. The van der Waals surface area contributed by atoms with Crippen molar-refractivity contribution in [2.75, 3.05) is 12.9 Å². The molecule has 0 unspecified atom stereocenters. The van der Waals surface area contributed by atoms with Crippen molar-refractivity contribution < 1.29 is 9.53 Å². The van der Waals surface area contributed by atoms with E-state index in [-0.39, 0.29) is 5.97 Å². The zero-order valence-corrected chi connectivity index (χ0v) is 10.7. The zero-order valence-electron chi connectivity index (χ0n) is 9.86. The Labute approximate surface area is 101 Å². The lowest BCUT2D eigenvalue weighted by Gasteiger charge is -2.04. The van der Waals surface area contributed by atoms with Crippen LogP contribution in [0.1, 0.15) is 25.3 Å². The van der Waals surface area contributed by atoms with Gasteiger partial charge in [-0.2, -0.15) is 0 Å². The summed E-state index contributed by atoms with van der Waals surface area (Å²) in [7, 11) is 1.42. The maximum Gasteiger partial charge on any atom is 0.309 e. The molecule has 0 atom stereocenters. The Morgan fingerprint density at radius 1 is 1.44 bits per heavy atom. The Bertz CT molecular complexity index is 336. The molecule has 88 valence electrons. The van der Waals surface area contributed by atoms with Crippen molar-refractivity contribution in [2.45, 2.75) is 31.1 Å². The summed E-state index contributed by atoms with van der Waals surface area (Å²) >= 11 is 1.84. The fourth-order valence-electron chi connectivity index (χ4n) is 1.32. The second kappa shape index (κ2) is 7.34. The van der Waals surface area contributed by atoms with Gasteiger partial charge in [-0.05, 0) is 29.9 Å². The second-order valence-electron chi connectivity index (χ2n) is 3.60. The van der Waals surface area contributed by atoms with E-state index < -0.39 is 0 Å². The molecule has 0 spiro atoms. The van der Waals surface area contributed by atoms with Crippen molar-refractivity contribution in [3.05, 3.63) is 29.8 Å². The third kappa shape index (κ3) is 4.71. The lowest BCUT2D eigenvalue weighted by Crippen LogP contribution is -2.04. The van der Waals surface area contributed by atoms with Gasteiger partial charge in [0, 0.05) is 4.90 Å². The van der Waals surface area contributed by atoms with E-state index in [0.29, 0.717) is 6.42 Å². The van der Waals surface area contributed by atoms with Crippen LogP contribution >= 0.6 is 11.8 Å². The average Bonchev–Trinajstić information content (AvgIpc) is 2.30. The smallest absolute Gasteiger partial charge is 0.309 e. The number of esters is 1. The molecule has 0 heterocycles. The predicted molar refractivity (Wildman–Crippen MR) is 67.8 cm³/mol. The largest absolute Gasteiger partial charge is 0.469 e. The van der Waals surface area contributed by atoms with Gasteiger partial charge in [0.15, 0.2) is 0 Å². The molecule has 0 saturated carbocycles. The summed E-state index contributed by atoms with van der Waals surface area (Å²) in [5.41, 5.74) is 1.02. The first-order chi connectivity index (χ1) is 7.76. The summed E-state index contributed by atoms with van der Waals surface area (Å²) in [6, 6.07) is 8.10. The normalized spacial score (nSPS) is 10.1. The standard InChI is InChI=1S/C13H18O2S/c1-3-4-8-16-12-7-5-6-11(9-12)10-13(14)15-2/h5-7,9H,3-4,8,10H2,1-2H3. The van der Waals surface area contributed by atoms with Crippen molar-refractivity contribution in [2.24, 2.45) is 0 Å². The number of carbonyl (C=O) groups excluding carboxylic acids is 1. The first-order valence-corrected chi connectivity index (χ1v) is 6.53. The van der Waals surface area contributed by atoms with Crippen LogP contribution < -0.4 is 0 Å². The molecule has 1 aromatic rings. The lowest BCUT2D eigenvalue weighted by atomic mass is 10.1. The van der Waals surface area contributed by atoms with E-state index in [1.54, 1.807) is 0 Å². The minimum atomic E-state index is -0.185. The maximum absolute atomic E-state index is 11.1. The van der Waals surface area contributed by atoms with Gasteiger partial charge in [-0.15, -0.1) is 11.8 Å². The highest BCUT2D eigenvalue weighted by Gasteiger charge is 2.03. The van der Waals surface area contributed by atoms with E-state index >= 15 is 0 Å². The highest BCUT2D eigenvalue weighted by Crippen LogP contribution is 2.20. The van der Waals surface area contributed by atoms with E-state index in [0.717, 1.165) is 11.3 Å². The average molecular weight is 238 g/mol. The summed E-state index contributed by atoms with van der Waals surface area (Å²) < 4.78 is 4.65. The molecule has 0 aliphatic heterocycles. The van der Waals surface area contributed by atoms with Gasteiger partial charge in [-0.25, -0.2) is 0 Å². The van der Waals surface area contributed by atoms with Crippen LogP contribution in [0.15, 0.2) is 29.2 Å². The molecule has 0 radical (unpaired) electrons. The molecular formula is C13H18O2S. The highest BCUT2D eigenvalue weighted by molar-refractivity contribution is 7.99. The molecule has 0 N–H and O–H groups in total. The summed E-state index contributed by atoms with van der Waals surface area (Å²) in [5.74, 6) is 0.953. The van der Waals surface area contributed by atoms with Crippen LogP contribution in [0.5, 0.6) is 0 Å². The number of hydrogen-bond acceptors (Lipinski definition) is 3. The molecule has 0 aliphatic carbocycles. The maximum atomic E-state index is 11.1. The van der Waals surface area contributed by atoms with E-state index in [1.165, 1.54) is 24.8 Å². The monoisotopic (exact) mass is 238 g/mol. The first-order valence-electron chi connectivity index (χ1n) is 5.54. The van der Waals surface area contributed by atoms with Gasteiger partial charge in [-0.1, -0.05) is 25.5 Å². The van der Waals surface area contributed by atoms with Crippen molar-refractivity contribution in [3.63, 3.8) is 0 Å². The van der Waals surface area contributed by atoms with Crippen molar-refractivity contribution >= 4 is 17.7 Å². The number of unbranched alkanes of at least 4 members (excludes halogenated alkanes) is 1. The van der Waals surface area contributed by atoms with E-state index in [2.05, 4.69) is 23.8 Å². The lowest BCUT2D eigenvalue weighted by molar-refractivity contribution is -0.139. The molecule has 16 heavy (non-hydrogen) atoms. The molecule has 0 saturated heterocycles. The third-order valence-electron chi connectivity index (χ3n) is 2.24. The third-order valence-corrected chi connectivity index (χ3v) is 3.32. The highest BCUT2D eigenvalue weighted by atomic mass is 32.2. The first kappa shape index (κ1) is 13.1. The van der Waals surface area contributed by atoms with E-state index in [4.69, 9.17) is 0 Å². The van der Waals surface area contributed by atoms with Gasteiger partial charge in [0.05, 0.1) is 13.5 Å². The van der Waals surface area contributed by atoms with E-state index in [1.807, 2.05) is 23.9 Å². The molecule has 3 heteroatoms. The van der Waals surface area contributed by atoms with Crippen LogP contribution in [0.2, 0.25) is 0 Å². The number of thioether (sulfide) groups is 1. The summed E-state index contributed by atoms with van der Waals surface area (Å²) in [6.45, 7) is 2.19. The fraction of sp³-hybridized carbons (Fsp3) is 0.462. The van der Waals surface area contributed by atoms with E-state index in [9.17, 15) is 4.79 Å². The topological polar surface area (TPSA) is 26.3 Å². The quantitative estimate of drug-likeness (QED) is 0.432. The zero-order chi connectivity index (χ0) is 11.8. The number of ether oxygens (including phenoxy) is 1. The summed E-state index contributed by atoms with van der Waals surface area (Å²) in [4.78, 5) is 12.4. The molecule has 1 rings (SSSR count). The molecule has 2 nitrogen and oxygen atoms in total. The summed E-state index contributed by atoms with van der Waals surface area (Å²) in [5, 5.41) is 0. The Morgan fingerprint density at radius 2 is 2.25 bits per heavy atom. The van der Waals surface area contributed by atoms with Crippen LogP contribution in [-0.2, 0) is 16.0 Å². The number of hydrogen-bond donors (Lipinski definition) is 0. The number of carbonyl (C=O) groups is 1. The van der Waals surface area contributed by atoms with Gasteiger partial charge in [0.1, 0.15) is 0 Å². The number of benzene rings is 1. The predicted octanol–water partition coefficient (Wildman–Crippen LogP) is 3.29. The Balaban J connectivity index is 2.53. The second-order valence-corrected chi connectivity index (χ2v) is 4.77. The Morgan fingerprint density at radius 3 is 2.94 bits per heavy atom. The minimum Gasteiger partial charge on any atom is -0.469 e. The SMILES string of the molecule is CCCCSc1cccc(CC(=O)OC)c1. The molecule has 0 aromatic heterocycles. The van der Waals surface area contributed by atoms with Gasteiger partial charge < -0.3 is 4.74 Å². The summed E-state index contributed by atoms with van der Waals surface area (Å²) in [6.07, 6.45) is 2.80. The van der Waals surface area contributed by atoms with Crippen molar-refractivity contribution in [1.29, 1.82) is 0 Å². The molecular weight excluding hydrogens is 220 g/mol. The molecule has 0 fully saturated rings. The number of rotatable bonds is 6. The van der Waals surface area contributed by atoms with Gasteiger partial charge >= 0.3 is 5.97 Å². The molecule has 0 bridgehead atoms. The molecule has 0 amide bonds. The molecule has 0 aliphatic rings. The Kier molecular flexibility index (Phi) is 6.01. The van der Waals surface area contributed by atoms with Crippen LogP contribution in [0.4, 0.5) is 0 Å². The van der Waals surface area contributed by atoms with Gasteiger partial charge in [-0.3, -0.25) is 4.79 Å². The van der Waals surface area contributed by atoms with Gasteiger partial charge in [0.2, 0.25) is 0 Å².